The van der Waals surface area contributed by atoms with Gasteiger partial charge in [0.1, 0.15) is 0 Å². The SMILES string of the molecule is O=C(N[C@@H]1CCC[C@@H]1OCc1ccccc1)c1ncoc1-c1cccs1. The van der Waals surface area contributed by atoms with E-state index in [9.17, 15) is 4.79 Å². The van der Waals surface area contributed by atoms with E-state index in [1.54, 1.807) is 0 Å². The van der Waals surface area contributed by atoms with Gasteiger partial charge >= 0.3 is 0 Å². The predicted molar refractivity (Wildman–Crippen MR) is 99.9 cm³/mol. The number of oxazole rings is 1. The largest absolute Gasteiger partial charge is 0.442 e. The van der Waals surface area contributed by atoms with E-state index >= 15 is 0 Å². The third kappa shape index (κ3) is 3.71. The molecule has 0 aliphatic heterocycles. The first-order valence-electron chi connectivity index (χ1n) is 8.75. The molecule has 5 nitrogen and oxygen atoms in total. The van der Waals surface area contributed by atoms with Gasteiger partial charge in [-0.05, 0) is 36.3 Å². The summed E-state index contributed by atoms with van der Waals surface area (Å²) in [5.74, 6) is 0.319. The maximum absolute atomic E-state index is 12.7. The molecule has 1 aliphatic carbocycles. The molecule has 6 heteroatoms. The molecule has 0 radical (unpaired) electrons. The van der Waals surface area contributed by atoms with Crippen LogP contribution in [0.5, 0.6) is 0 Å². The van der Waals surface area contributed by atoms with Crippen LogP contribution in [0.25, 0.3) is 10.6 Å². The number of nitrogens with one attached hydrogen (secondary N) is 1. The van der Waals surface area contributed by atoms with Gasteiger partial charge in [-0.3, -0.25) is 4.79 Å². The Morgan fingerprint density at radius 3 is 2.92 bits per heavy atom. The van der Waals surface area contributed by atoms with Crippen molar-refractivity contribution in [2.75, 3.05) is 0 Å². The van der Waals surface area contributed by atoms with Gasteiger partial charge in [-0.25, -0.2) is 4.98 Å². The molecule has 2 aromatic heterocycles. The monoisotopic (exact) mass is 368 g/mol. The van der Waals surface area contributed by atoms with Gasteiger partial charge in [0.25, 0.3) is 5.91 Å². The van der Waals surface area contributed by atoms with Crippen LogP contribution in [0.15, 0.2) is 58.7 Å². The number of nitrogens with zero attached hydrogens (tertiary/aromatic N) is 1. The Morgan fingerprint density at radius 1 is 1.23 bits per heavy atom. The summed E-state index contributed by atoms with van der Waals surface area (Å²) in [4.78, 5) is 17.7. The first-order chi connectivity index (χ1) is 12.8. The Labute approximate surface area is 156 Å². The number of rotatable bonds is 6. The zero-order valence-electron chi connectivity index (χ0n) is 14.3. The zero-order valence-corrected chi connectivity index (χ0v) is 15.1. The highest BCUT2D eigenvalue weighted by atomic mass is 32.1. The molecule has 1 aromatic carbocycles. The maximum Gasteiger partial charge on any atom is 0.274 e. The number of aromatic nitrogens is 1. The van der Waals surface area contributed by atoms with Crippen molar-refractivity contribution in [3.8, 4) is 10.6 Å². The van der Waals surface area contributed by atoms with E-state index < -0.39 is 0 Å². The summed E-state index contributed by atoms with van der Waals surface area (Å²) in [6.45, 7) is 0.558. The molecule has 0 unspecified atom stereocenters. The standard InChI is InChI=1S/C20H20N2O3S/c23-20(18-19(25-13-21-18)17-10-5-11-26-17)22-15-8-4-9-16(15)24-12-14-6-2-1-3-7-14/h1-3,5-7,10-11,13,15-16H,4,8-9,12H2,(H,22,23)/t15-,16+/m1/s1. The van der Waals surface area contributed by atoms with Crippen LogP contribution in [-0.2, 0) is 11.3 Å². The van der Waals surface area contributed by atoms with Gasteiger partial charge in [-0.15, -0.1) is 11.3 Å². The number of thiophene rings is 1. The van der Waals surface area contributed by atoms with Gasteiger partial charge in [-0.1, -0.05) is 36.4 Å². The lowest BCUT2D eigenvalue weighted by molar-refractivity contribution is 0.0271. The van der Waals surface area contributed by atoms with Crippen LogP contribution >= 0.6 is 11.3 Å². The minimum absolute atomic E-state index is 0.000835. The number of hydrogen-bond donors (Lipinski definition) is 1. The third-order valence-electron chi connectivity index (χ3n) is 4.60. The summed E-state index contributed by atoms with van der Waals surface area (Å²) < 4.78 is 11.5. The zero-order chi connectivity index (χ0) is 17.8. The summed E-state index contributed by atoms with van der Waals surface area (Å²) in [5.41, 5.74) is 1.47. The highest BCUT2D eigenvalue weighted by Crippen LogP contribution is 2.28. The van der Waals surface area contributed by atoms with E-state index in [0.29, 0.717) is 18.1 Å². The summed E-state index contributed by atoms with van der Waals surface area (Å²) in [7, 11) is 0. The second-order valence-corrected chi connectivity index (χ2v) is 7.30. The van der Waals surface area contributed by atoms with Gasteiger partial charge in [-0.2, -0.15) is 0 Å². The molecule has 0 bridgehead atoms. The van der Waals surface area contributed by atoms with Crippen LogP contribution in [-0.4, -0.2) is 23.0 Å². The molecule has 1 amide bonds. The minimum Gasteiger partial charge on any atom is -0.442 e. The number of carbonyl (C=O) groups is 1. The molecule has 2 heterocycles. The van der Waals surface area contributed by atoms with Crippen molar-refractivity contribution in [2.24, 2.45) is 0 Å². The van der Waals surface area contributed by atoms with Crippen molar-refractivity contribution in [1.82, 2.24) is 10.3 Å². The van der Waals surface area contributed by atoms with Crippen molar-refractivity contribution in [3.05, 3.63) is 65.5 Å². The van der Waals surface area contributed by atoms with Crippen LogP contribution in [0.2, 0.25) is 0 Å². The van der Waals surface area contributed by atoms with Crippen LogP contribution in [0.1, 0.15) is 35.3 Å². The molecular formula is C20H20N2O3S. The second kappa shape index (κ2) is 7.85. The van der Waals surface area contributed by atoms with Gasteiger partial charge in [0.15, 0.2) is 17.8 Å². The Kier molecular flexibility index (Phi) is 5.13. The first-order valence-corrected chi connectivity index (χ1v) is 9.63. The average molecular weight is 368 g/mol. The lowest BCUT2D eigenvalue weighted by Crippen LogP contribution is -2.41. The summed E-state index contributed by atoms with van der Waals surface area (Å²) >= 11 is 1.52. The molecule has 3 aromatic rings. The fraction of sp³-hybridized carbons (Fsp3) is 0.300. The van der Waals surface area contributed by atoms with Crippen LogP contribution in [0.3, 0.4) is 0 Å². The molecule has 1 aliphatic rings. The van der Waals surface area contributed by atoms with E-state index in [1.807, 2.05) is 47.8 Å². The molecule has 4 rings (SSSR count). The molecule has 1 N–H and O–H groups in total. The summed E-state index contributed by atoms with van der Waals surface area (Å²) in [6, 6.07) is 13.9. The highest BCUT2D eigenvalue weighted by molar-refractivity contribution is 7.13. The maximum atomic E-state index is 12.7. The lowest BCUT2D eigenvalue weighted by atomic mass is 10.2. The van der Waals surface area contributed by atoms with Crippen LogP contribution in [0, 0.1) is 0 Å². The summed E-state index contributed by atoms with van der Waals surface area (Å²) in [6.07, 6.45) is 4.26. The fourth-order valence-electron chi connectivity index (χ4n) is 3.30. The van der Waals surface area contributed by atoms with Crippen molar-refractivity contribution < 1.29 is 13.9 Å². The molecule has 2 atom stereocenters. The van der Waals surface area contributed by atoms with E-state index in [2.05, 4.69) is 10.3 Å². The Hall–Kier alpha value is -2.44. The topological polar surface area (TPSA) is 64.4 Å². The van der Waals surface area contributed by atoms with Crippen molar-refractivity contribution in [2.45, 2.75) is 38.0 Å². The van der Waals surface area contributed by atoms with Crippen molar-refractivity contribution >= 4 is 17.2 Å². The smallest absolute Gasteiger partial charge is 0.274 e. The quantitative estimate of drug-likeness (QED) is 0.706. The van der Waals surface area contributed by atoms with Gasteiger partial charge in [0.2, 0.25) is 0 Å². The fourth-order valence-corrected chi connectivity index (χ4v) is 4.01. The van der Waals surface area contributed by atoms with Gasteiger partial charge in [0, 0.05) is 0 Å². The minimum atomic E-state index is -0.206. The molecule has 134 valence electrons. The molecule has 0 saturated heterocycles. The normalized spacial score (nSPS) is 19.5. The molecular weight excluding hydrogens is 348 g/mol. The number of hydrogen-bond acceptors (Lipinski definition) is 5. The van der Waals surface area contributed by atoms with E-state index in [-0.39, 0.29) is 18.1 Å². The summed E-state index contributed by atoms with van der Waals surface area (Å²) in [5, 5.41) is 5.04. The average Bonchev–Trinajstić information content (AvgIpc) is 3.41. The Balaban J connectivity index is 1.40. The number of ether oxygens (including phenoxy) is 1. The van der Waals surface area contributed by atoms with Crippen molar-refractivity contribution in [1.29, 1.82) is 0 Å². The first kappa shape index (κ1) is 17.0. The number of amides is 1. The van der Waals surface area contributed by atoms with Crippen LogP contribution < -0.4 is 5.32 Å². The Bertz CT molecular complexity index is 845. The number of benzene rings is 1. The third-order valence-corrected chi connectivity index (χ3v) is 5.47. The van der Waals surface area contributed by atoms with Gasteiger partial charge < -0.3 is 14.5 Å². The second-order valence-electron chi connectivity index (χ2n) is 6.35. The van der Waals surface area contributed by atoms with E-state index in [1.165, 1.54) is 17.7 Å². The van der Waals surface area contributed by atoms with Crippen LogP contribution in [0.4, 0.5) is 0 Å². The van der Waals surface area contributed by atoms with E-state index in [0.717, 1.165) is 29.7 Å². The highest BCUT2D eigenvalue weighted by Gasteiger charge is 2.31. The van der Waals surface area contributed by atoms with Crippen molar-refractivity contribution in [3.63, 3.8) is 0 Å². The predicted octanol–water partition coefficient (Wildman–Crippen LogP) is 4.27. The molecule has 26 heavy (non-hydrogen) atoms. The molecule has 1 saturated carbocycles. The van der Waals surface area contributed by atoms with E-state index in [4.69, 9.17) is 9.15 Å². The molecule has 1 fully saturated rings. The number of carbonyl (C=O) groups excluding carboxylic acids is 1. The Morgan fingerprint density at radius 2 is 2.12 bits per heavy atom. The lowest BCUT2D eigenvalue weighted by Gasteiger charge is -2.21. The molecule has 0 spiro atoms. The van der Waals surface area contributed by atoms with Gasteiger partial charge in [0.05, 0.1) is 23.6 Å².